The zero-order valence-electron chi connectivity index (χ0n) is 18.3. The normalized spacial score (nSPS) is 14.8. The minimum atomic E-state index is -0.380. The van der Waals surface area contributed by atoms with Gasteiger partial charge >= 0.3 is 5.97 Å². The summed E-state index contributed by atoms with van der Waals surface area (Å²) in [5, 5.41) is 13.6. The number of amides is 1. The average molecular weight is 425 g/mol. The van der Waals surface area contributed by atoms with Gasteiger partial charge in [0.25, 0.3) is 5.91 Å². The molecule has 8 heteroatoms. The first-order valence-corrected chi connectivity index (χ1v) is 10.1. The molecule has 0 saturated heterocycles. The highest BCUT2D eigenvalue weighted by Crippen LogP contribution is 2.23. The summed E-state index contributed by atoms with van der Waals surface area (Å²) >= 11 is 0. The van der Waals surface area contributed by atoms with E-state index < -0.39 is 0 Å². The molecule has 2 aromatic rings. The van der Waals surface area contributed by atoms with Gasteiger partial charge in [-0.15, -0.1) is 0 Å². The molecule has 3 rings (SSSR count). The molecule has 0 unspecified atom stereocenters. The van der Waals surface area contributed by atoms with E-state index in [2.05, 4.69) is 15.5 Å². The lowest BCUT2D eigenvalue weighted by atomic mass is 10.0. The number of aryl methyl sites for hydroxylation is 2. The van der Waals surface area contributed by atoms with E-state index in [1.807, 2.05) is 45.0 Å². The van der Waals surface area contributed by atoms with Crippen LogP contribution < -0.4 is 5.43 Å². The van der Waals surface area contributed by atoms with Crippen LogP contribution in [0.25, 0.3) is 6.08 Å². The van der Waals surface area contributed by atoms with Crippen LogP contribution in [-0.2, 0) is 16.0 Å². The van der Waals surface area contributed by atoms with Crippen molar-refractivity contribution in [3.63, 3.8) is 0 Å². The van der Waals surface area contributed by atoms with Crippen LogP contribution in [0.2, 0.25) is 0 Å². The highest BCUT2D eigenvalue weighted by Gasteiger charge is 2.25. The van der Waals surface area contributed by atoms with E-state index in [4.69, 9.17) is 4.74 Å². The molecular weight excluding hydrogens is 396 g/mol. The number of ether oxygens (including phenoxy) is 1. The lowest BCUT2D eigenvalue weighted by molar-refractivity contribution is -0.116. The van der Waals surface area contributed by atoms with E-state index >= 15 is 0 Å². The number of aromatic hydroxyl groups is 1. The number of aromatic amines is 1. The summed E-state index contributed by atoms with van der Waals surface area (Å²) < 4.78 is 5.38. The number of esters is 1. The van der Waals surface area contributed by atoms with Crippen molar-refractivity contribution in [2.45, 2.75) is 26.7 Å². The molecule has 8 nitrogen and oxygen atoms in total. The smallest absolute Gasteiger partial charge is 0.340 e. The van der Waals surface area contributed by atoms with Crippen molar-refractivity contribution in [1.29, 1.82) is 0 Å². The van der Waals surface area contributed by atoms with Crippen molar-refractivity contribution in [3.05, 3.63) is 57.9 Å². The summed E-state index contributed by atoms with van der Waals surface area (Å²) in [7, 11) is 3.83. The van der Waals surface area contributed by atoms with Gasteiger partial charge < -0.3 is 19.7 Å². The Balaban J connectivity index is 1.76. The molecule has 0 bridgehead atoms. The highest BCUT2D eigenvalue weighted by atomic mass is 16.5. The molecule has 31 heavy (non-hydrogen) atoms. The molecule has 0 atom stereocenters. The van der Waals surface area contributed by atoms with E-state index in [0.717, 1.165) is 11.1 Å². The number of aromatic nitrogens is 1. The number of benzene rings is 1. The van der Waals surface area contributed by atoms with E-state index in [1.54, 1.807) is 18.2 Å². The first-order chi connectivity index (χ1) is 14.8. The monoisotopic (exact) mass is 424 g/mol. The van der Waals surface area contributed by atoms with Gasteiger partial charge in [-0.2, -0.15) is 5.10 Å². The number of likely N-dealkylation sites (N-methyl/N-ethyl adjacent to an activating group) is 1. The van der Waals surface area contributed by atoms with Crippen LogP contribution in [0, 0.1) is 13.8 Å². The van der Waals surface area contributed by atoms with Crippen molar-refractivity contribution in [2.24, 2.45) is 5.10 Å². The number of phenolic OH excluding ortho intramolecular Hbond substituents is 1. The highest BCUT2D eigenvalue weighted by molar-refractivity contribution is 6.27. The second-order valence-electron chi connectivity index (χ2n) is 7.83. The van der Waals surface area contributed by atoms with Gasteiger partial charge in [-0.3, -0.25) is 4.79 Å². The van der Waals surface area contributed by atoms with Crippen molar-refractivity contribution in [2.75, 3.05) is 27.2 Å². The molecule has 1 aliphatic rings. The minimum Gasteiger partial charge on any atom is -0.508 e. The number of hydrogen-bond donors (Lipinski definition) is 3. The molecule has 0 radical (unpaired) electrons. The maximum atomic E-state index is 12.5. The lowest BCUT2D eigenvalue weighted by Gasteiger charge is -2.10. The number of hydrogen-bond acceptors (Lipinski definition) is 6. The fraction of sp³-hybridized carbons (Fsp3) is 0.348. The number of rotatable bonds is 8. The molecular formula is C23H28N4O4. The Labute approximate surface area is 181 Å². The predicted octanol–water partition coefficient (Wildman–Crippen LogP) is 2.56. The average Bonchev–Trinajstić information content (AvgIpc) is 3.20. The molecule has 0 spiro atoms. The Hall–Kier alpha value is -3.39. The Morgan fingerprint density at radius 1 is 1.19 bits per heavy atom. The largest absolute Gasteiger partial charge is 0.508 e. The number of carbonyl (C=O) groups is 2. The van der Waals surface area contributed by atoms with Crippen LogP contribution in [0.1, 0.15) is 39.3 Å². The second-order valence-corrected chi connectivity index (χ2v) is 7.83. The van der Waals surface area contributed by atoms with Gasteiger partial charge in [-0.1, -0.05) is 12.1 Å². The minimum absolute atomic E-state index is 0.216. The number of H-pyrrole nitrogens is 1. The number of carbonyl (C=O) groups excluding carboxylic acids is 2. The maximum Gasteiger partial charge on any atom is 0.340 e. The number of hydrazone groups is 1. The Morgan fingerprint density at radius 2 is 1.90 bits per heavy atom. The van der Waals surface area contributed by atoms with Crippen LogP contribution >= 0.6 is 0 Å². The van der Waals surface area contributed by atoms with Crippen LogP contribution in [0.3, 0.4) is 0 Å². The first kappa shape index (κ1) is 22.3. The van der Waals surface area contributed by atoms with E-state index in [1.165, 1.54) is 0 Å². The molecule has 1 amide bonds. The van der Waals surface area contributed by atoms with Gasteiger partial charge in [0.1, 0.15) is 12.4 Å². The Bertz CT molecular complexity index is 1030. The molecule has 3 N–H and O–H groups in total. The number of phenols is 1. The molecule has 0 saturated carbocycles. The van der Waals surface area contributed by atoms with Crippen molar-refractivity contribution < 1.29 is 19.4 Å². The van der Waals surface area contributed by atoms with Crippen LogP contribution in [0.15, 0.2) is 34.9 Å². The van der Waals surface area contributed by atoms with Crippen molar-refractivity contribution in [3.8, 4) is 5.75 Å². The fourth-order valence-electron chi connectivity index (χ4n) is 3.40. The molecule has 1 aliphatic heterocycles. The summed E-state index contributed by atoms with van der Waals surface area (Å²) in [6.07, 6.45) is 2.97. The lowest BCUT2D eigenvalue weighted by Crippen LogP contribution is -2.20. The summed E-state index contributed by atoms with van der Waals surface area (Å²) in [4.78, 5) is 30.0. The molecule has 164 valence electrons. The topological polar surface area (TPSA) is 107 Å². The van der Waals surface area contributed by atoms with Gasteiger partial charge in [0.2, 0.25) is 0 Å². The molecule has 1 aromatic heterocycles. The Morgan fingerprint density at radius 3 is 2.58 bits per heavy atom. The maximum absolute atomic E-state index is 12.5. The van der Waals surface area contributed by atoms with Crippen molar-refractivity contribution in [1.82, 2.24) is 15.3 Å². The third-order valence-electron chi connectivity index (χ3n) is 5.18. The number of nitrogens with one attached hydrogen (secondary N) is 2. The van der Waals surface area contributed by atoms with Crippen LogP contribution in [0.4, 0.5) is 0 Å². The van der Waals surface area contributed by atoms with Crippen molar-refractivity contribution >= 4 is 23.7 Å². The van der Waals surface area contributed by atoms with E-state index in [-0.39, 0.29) is 17.6 Å². The number of nitrogens with zero attached hydrogens (tertiary/aromatic N) is 2. The first-order valence-electron chi connectivity index (χ1n) is 10.1. The zero-order chi connectivity index (χ0) is 22.5. The van der Waals surface area contributed by atoms with Gasteiger partial charge in [0.15, 0.2) is 0 Å². The SMILES string of the molecule is Cc1[nH]c(C=C2C(=O)NN=C2CCc2ccc(O)cc2)c(C)c1C(=O)OCCN(C)C. The molecule has 1 aromatic carbocycles. The molecule has 0 aliphatic carbocycles. The van der Waals surface area contributed by atoms with Gasteiger partial charge in [-0.05, 0) is 70.1 Å². The van der Waals surface area contributed by atoms with E-state index in [9.17, 15) is 14.7 Å². The standard InChI is InChI=1S/C23H28N4O4/c1-14-20(24-15(2)21(14)23(30)31-12-11-27(3)4)13-18-19(25-26-22(18)29)10-7-16-5-8-17(28)9-6-16/h5-6,8-9,13,24,28H,7,10-12H2,1-4H3,(H,26,29). The zero-order valence-corrected chi connectivity index (χ0v) is 18.3. The van der Waals surface area contributed by atoms with Gasteiger partial charge in [-0.25, -0.2) is 10.2 Å². The van der Waals surface area contributed by atoms with Gasteiger partial charge in [0, 0.05) is 17.9 Å². The third-order valence-corrected chi connectivity index (χ3v) is 5.18. The summed E-state index contributed by atoms with van der Waals surface area (Å²) in [5.41, 5.74) is 7.28. The molecule has 0 fully saturated rings. The quantitative estimate of drug-likeness (QED) is 0.446. The van der Waals surface area contributed by atoms with E-state index in [0.29, 0.717) is 54.2 Å². The third kappa shape index (κ3) is 5.40. The summed E-state index contributed by atoms with van der Waals surface area (Å²) in [6.45, 7) is 4.60. The summed E-state index contributed by atoms with van der Waals surface area (Å²) in [5.74, 6) is -0.440. The fourth-order valence-corrected chi connectivity index (χ4v) is 3.40. The van der Waals surface area contributed by atoms with Crippen LogP contribution in [0.5, 0.6) is 5.75 Å². The summed E-state index contributed by atoms with van der Waals surface area (Å²) in [6, 6.07) is 6.96. The Kier molecular flexibility index (Phi) is 6.91. The molecule has 2 heterocycles. The van der Waals surface area contributed by atoms with Gasteiger partial charge in [0.05, 0.1) is 16.8 Å². The second kappa shape index (κ2) is 9.61. The predicted molar refractivity (Wildman–Crippen MR) is 119 cm³/mol. The van der Waals surface area contributed by atoms with Crippen LogP contribution in [-0.4, -0.2) is 59.8 Å².